The van der Waals surface area contributed by atoms with Gasteiger partial charge in [0.15, 0.2) is 0 Å². The summed E-state index contributed by atoms with van der Waals surface area (Å²) in [5.74, 6) is -0.953. The first-order chi connectivity index (χ1) is 15.8. The second-order valence-electron chi connectivity index (χ2n) is 9.31. The van der Waals surface area contributed by atoms with Crippen LogP contribution in [0.1, 0.15) is 55.1 Å². The van der Waals surface area contributed by atoms with Crippen molar-refractivity contribution in [3.63, 3.8) is 0 Å². The molecule has 3 N–H and O–H groups in total. The van der Waals surface area contributed by atoms with E-state index in [0.29, 0.717) is 30.2 Å². The van der Waals surface area contributed by atoms with Crippen molar-refractivity contribution in [1.29, 1.82) is 0 Å². The second-order valence-corrected chi connectivity index (χ2v) is 9.31. The average molecular weight is 450 g/mol. The summed E-state index contributed by atoms with van der Waals surface area (Å²) in [6, 6.07) is 12.5. The van der Waals surface area contributed by atoms with Crippen LogP contribution in [0.3, 0.4) is 0 Å². The molecular weight excluding hydrogens is 418 g/mol. The summed E-state index contributed by atoms with van der Waals surface area (Å²) in [5, 5.41) is 9.53. The zero-order chi connectivity index (χ0) is 23.8. The summed E-state index contributed by atoms with van der Waals surface area (Å²) in [6.07, 6.45) is 1.43. The van der Waals surface area contributed by atoms with Gasteiger partial charge in [-0.05, 0) is 62.4 Å². The van der Waals surface area contributed by atoms with Crippen LogP contribution in [0, 0.1) is 18.8 Å². The molecule has 2 aromatic rings. The van der Waals surface area contributed by atoms with Gasteiger partial charge in [0.1, 0.15) is 5.54 Å². The summed E-state index contributed by atoms with van der Waals surface area (Å²) >= 11 is 0. The first-order valence-corrected chi connectivity index (χ1v) is 11.5. The summed E-state index contributed by atoms with van der Waals surface area (Å²) in [4.78, 5) is 38.8. The van der Waals surface area contributed by atoms with Gasteiger partial charge in [0.05, 0.1) is 18.1 Å². The molecule has 4 rings (SSSR count). The van der Waals surface area contributed by atoms with Crippen LogP contribution in [-0.2, 0) is 19.9 Å². The molecule has 1 spiro atoms. The predicted molar refractivity (Wildman–Crippen MR) is 127 cm³/mol. The van der Waals surface area contributed by atoms with Gasteiger partial charge in [-0.2, -0.15) is 0 Å². The van der Waals surface area contributed by atoms with Gasteiger partial charge in [-0.15, -0.1) is 0 Å². The second kappa shape index (κ2) is 8.98. The number of esters is 1. The molecule has 2 heterocycles. The standard InChI is InChI=1S/C26H31N3O4/c1-5-33-24(31)17-9-11-18(12-10-17)27-23(30)21-14-19(13-15(2)3)29-26(21)20-8-6-7-16(4)22(20)28-25(26)32/h6-12,15,19,21,29H,5,13-14H2,1-4H3,(H,27,30)(H,28,32). The molecule has 7 heteroatoms. The van der Waals surface area contributed by atoms with Crippen molar-refractivity contribution in [3.8, 4) is 0 Å². The lowest BCUT2D eigenvalue weighted by Gasteiger charge is -2.29. The predicted octanol–water partition coefficient (Wildman–Crippen LogP) is 3.98. The number of aryl methyl sites for hydroxylation is 1. The van der Waals surface area contributed by atoms with Crippen molar-refractivity contribution in [3.05, 3.63) is 59.2 Å². The zero-order valence-corrected chi connectivity index (χ0v) is 19.5. The fraction of sp³-hybridized carbons (Fsp3) is 0.423. The van der Waals surface area contributed by atoms with Crippen LogP contribution in [0.5, 0.6) is 0 Å². The van der Waals surface area contributed by atoms with Gasteiger partial charge in [0, 0.05) is 23.0 Å². The Morgan fingerprint density at radius 3 is 2.58 bits per heavy atom. The molecule has 2 aliphatic heterocycles. The third kappa shape index (κ3) is 4.13. The molecule has 2 aromatic carbocycles. The minimum atomic E-state index is -1.10. The molecular formula is C26H31N3O4. The zero-order valence-electron chi connectivity index (χ0n) is 19.5. The van der Waals surface area contributed by atoms with E-state index in [1.54, 1.807) is 31.2 Å². The first-order valence-electron chi connectivity index (χ1n) is 11.5. The first kappa shape index (κ1) is 23.0. The average Bonchev–Trinajstić information content (AvgIpc) is 3.28. The van der Waals surface area contributed by atoms with Gasteiger partial charge < -0.3 is 15.4 Å². The molecule has 33 heavy (non-hydrogen) atoms. The van der Waals surface area contributed by atoms with E-state index in [1.165, 1.54) is 0 Å². The number of anilines is 2. The number of nitrogens with one attached hydrogen (secondary N) is 3. The maximum Gasteiger partial charge on any atom is 0.338 e. The van der Waals surface area contributed by atoms with E-state index < -0.39 is 17.4 Å². The molecule has 0 saturated carbocycles. The highest BCUT2D eigenvalue weighted by molar-refractivity contribution is 6.11. The van der Waals surface area contributed by atoms with E-state index in [0.717, 1.165) is 23.2 Å². The number of benzene rings is 2. The molecule has 1 saturated heterocycles. The molecule has 0 aliphatic carbocycles. The number of hydrogen-bond acceptors (Lipinski definition) is 5. The lowest BCUT2D eigenvalue weighted by molar-refractivity contribution is -0.130. The van der Waals surface area contributed by atoms with E-state index in [2.05, 4.69) is 29.8 Å². The Kier molecular flexibility index (Phi) is 6.26. The molecule has 174 valence electrons. The smallest absolute Gasteiger partial charge is 0.338 e. The van der Waals surface area contributed by atoms with Gasteiger partial charge >= 0.3 is 5.97 Å². The lowest BCUT2D eigenvalue weighted by atomic mass is 9.79. The number of rotatable bonds is 6. The van der Waals surface area contributed by atoms with Crippen molar-refractivity contribution in [1.82, 2.24) is 5.32 Å². The van der Waals surface area contributed by atoms with Crippen molar-refractivity contribution in [2.75, 3.05) is 17.2 Å². The highest BCUT2D eigenvalue weighted by Gasteiger charge is 2.60. The van der Waals surface area contributed by atoms with Crippen LogP contribution in [0.2, 0.25) is 0 Å². The van der Waals surface area contributed by atoms with Gasteiger partial charge in [-0.25, -0.2) is 4.79 Å². The Morgan fingerprint density at radius 2 is 1.91 bits per heavy atom. The monoisotopic (exact) mass is 449 g/mol. The molecule has 2 amide bonds. The van der Waals surface area contributed by atoms with Gasteiger partial charge in [-0.3, -0.25) is 14.9 Å². The molecule has 3 atom stereocenters. The highest BCUT2D eigenvalue weighted by atomic mass is 16.5. The van der Waals surface area contributed by atoms with Crippen molar-refractivity contribution >= 4 is 29.2 Å². The van der Waals surface area contributed by atoms with E-state index in [1.807, 2.05) is 25.1 Å². The maximum absolute atomic E-state index is 13.5. The third-order valence-corrected chi connectivity index (χ3v) is 6.51. The minimum Gasteiger partial charge on any atom is -0.462 e. The summed E-state index contributed by atoms with van der Waals surface area (Å²) in [5.41, 5.74) is 2.48. The van der Waals surface area contributed by atoms with Crippen LogP contribution < -0.4 is 16.0 Å². The summed E-state index contributed by atoms with van der Waals surface area (Å²) in [7, 11) is 0. The van der Waals surface area contributed by atoms with Gasteiger partial charge in [-0.1, -0.05) is 32.0 Å². The number of ether oxygens (including phenoxy) is 1. The van der Waals surface area contributed by atoms with Crippen LogP contribution in [0.4, 0.5) is 11.4 Å². The quantitative estimate of drug-likeness (QED) is 0.580. The normalized spacial score (nSPS) is 23.5. The van der Waals surface area contributed by atoms with Crippen LogP contribution in [0.15, 0.2) is 42.5 Å². The highest BCUT2D eigenvalue weighted by Crippen LogP contribution is 2.48. The number of fused-ring (bicyclic) bond motifs is 2. The molecule has 3 unspecified atom stereocenters. The topological polar surface area (TPSA) is 96.5 Å². The molecule has 0 radical (unpaired) electrons. The number of para-hydroxylation sites is 1. The summed E-state index contributed by atoms with van der Waals surface area (Å²) < 4.78 is 5.01. The largest absolute Gasteiger partial charge is 0.462 e. The van der Waals surface area contributed by atoms with E-state index in [-0.39, 0.29) is 17.9 Å². The van der Waals surface area contributed by atoms with Crippen LogP contribution in [-0.4, -0.2) is 30.4 Å². The Balaban J connectivity index is 1.63. The SMILES string of the molecule is CCOC(=O)c1ccc(NC(=O)C2CC(CC(C)C)NC23C(=O)Nc2c(C)cccc23)cc1. The molecule has 0 bridgehead atoms. The van der Waals surface area contributed by atoms with E-state index in [4.69, 9.17) is 4.74 Å². The van der Waals surface area contributed by atoms with Gasteiger partial charge in [0.2, 0.25) is 11.8 Å². The third-order valence-electron chi connectivity index (χ3n) is 6.51. The minimum absolute atomic E-state index is 0.0455. The summed E-state index contributed by atoms with van der Waals surface area (Å²) in [6.45, 7) is 8.29. The number of hydrogen-bond donors (Lipinski definition) is 3. The van der Waals surface area contributed by atoms with Crippen LogP contribution >= 0.6 is 0 Å². The van der Waals surface area contributed by atoms with Gasteiger partial charge in [0.25, 0.3) is 0 Å². The van der Waals surface area contributed by atoms with Crippen molar-refractivity contribution < 1.29 is 19.1 Å². The molecule has 1 fully saturated rings. The number of carbonyl (C=O) groups is 3. The van der Waals surface area contributed by atoms with E-state index in [9.17, 15) is 14.4 Å². The Labute approximate surface area is 194 Å². The Bertz CT molecular complexity index is 1080. The fourth-order valence-corrected chi connectivity index (χ4v) is 5.09. The lowest BCUT2D eigenvalue weighted by Crippen LogP contribution is -2.52. The number of carbonyl (C=O) groups excluding carboxylic acids is 3. The Morgan fingerprint density at radius 1 is 1.18 bits per heavy atom. The molecule has 2 aliphatic rings. The van der Waals surface area contributed by atoms with Crippen molar-refractivity contribution in [2.45, 2.75) is 52.1 Å². The van der Waals surface area contributed by atoms with Crippen LogP contribution in [0.25, 0.3) is 0 Å². The maximum atomic E-state index is 13.5. The van der Waals surface area contributed by atoms with Crippen molar-refractivity contribution in [2.24, 2.45) is 11.8 Å². The fourth-order valence-electron chi connectivity index (χ4n) is 5.09. The molecule has 7 nitrogen and oxygen atoms in total. The molecule has 0 aromatic heterocycles. The Hall–Kier alpha value is -3.19. The van der Waals surface area contributed by atoms with E-state index >= 15 is 0 Å². The number of amides is 2.